The van der Waals surface area contributed by atoms with Gasteiger partial charge in [0.25, 0.3) is 0 Å². The van der Waals surface area contributed by atoms with Crippen LogP contribution in [0.2, 0.25) is 0 Å². The van der Waals surface area contributed by atoms with Crippen molar-refractivity contribution in [2.24, 2.45) is 17.8 Å². The van der Waals surface area contributed by atoms with Crippen molar-refractivity contribution in [1.82, 2.24) is 25.2 Å². The van der Waals surface area contributed by atoms with E-state index in [9.17, 15) is 45.9 Å². The van der Waals surface area contributed by atoms with Crippen LogP contribution in [0.5, 0.6) is 0 Å². The van der Waals surface area contributed by atoms with Crippen LogP contribution in [0.1, 0.15) is 79.1 Å². The first-order valence-electron chi connectivity index (χ1n) is 18.7. The molecule has 0 aromatic heterocycles. The molecule has 2 fully saturated rings. The van der Waals surface area contributed by atoms with E-state index in [2.05, 4.69) is 15.4 Å². The number of nitrogens with one attached hydrogen (secondary N) is 3. The van der Waals surface area contributed by atoms with Crippen molar-refractivity contribution < 1.29 is 55.4 Å². The predicted octanol–water partition coefficient (Wildman–Crippen LogP) is 2.75. The van der Waals surface area contributed by atoms with Crippen LogP contribution in [0.25, 0.3) is 0 Å². The maximum Gasteiger partial charge on any atom is 0.410 e. The zero-order valence-corrected chi connectivity index (χ0v) is 34.0. The number of benzene rings is 1. The van der Waals surface area contributed by atoms with Gasteiger partial charge in [-0.05, 0) is 115 Å². The minimum absolute atomic E-state index is 0.0625. The smallest absolute Gasteiger partial charge is 0.410 e. The second kappa shape index (κ2) is 20.3. The zero-order chi connectivity index (χ0) is 41.0. The third-order valence-corrected chi connectivity index (χ3v) is 12.3. The number of sulfone groups is 1. The van der Waals surface area contributed by atoms with Gasteiger partial charge in [0, 0.05) is 44.9 Å². The van der Waals surface area contributed by atoms with Gasteiger partial charge in [0.15, 0.2) is 9.84 Å². The summed E-state index contributed by atoms with van der Waals surface area (Å²) in [5, 5.41) is 14.5. The number of rotatable bonds is 17. The zero-order valence-electron chi connectivity index (χ0n) is 32.4. The molecule has 3 rings (SSSR count). The fourth-order valence-corrected chi connectivity index (χ4v) is 8.37. The lowest BCUT2D eigenvalue weighted by Gasteiger charge is -2.34. The van der Waals surface area contributed by atoms with Gasteiger partial charge < -0.3 is 35.0 Å². The van der Waals surface area contributed by atoms with Gasteiger partial charge in [-0.2, -0.15) is 4.72 Å². The van der Waals surface area contributed by atoms with Gasteiger partial charge in [-0.3, -0.25) is 14.4 Å². The predicted molar refractivity (Wildman–Crippen MR) is 201 cm³/mol. The number of esters is 1. The molecule has 0 spiro atoms. The summed E-state index contributed by atoms with van der Waals surface area (Å²) in [5.41, 5.74) is -0.590. The molecule has 2 saturated heterocycles. The molecule has 1 unspecified atom stereocenters. The summed E-state index contributed by atoms with van der Waals surface area (Å²) >= 11 is 0. The summed E-state index contributed by atoms with van der Waals surface area (Å²) < 4.78 is 62.3. The average Bonchev–Trinajstić information content (AvgIpc) is 3.11. The summed E-state index contributed by atoms with van der Waals surface area (Å²) in [7, 11) is -7.92. The Labute approximate surface area is 324 Å². The Morgan fingerprint density at radius 1 is 0.836 bits per heavy atom. The lowest BCUT2D eigenvalue weighted by molar-refractivity contribution is -0.145. The Morgan fingerprint density at radius 2 is 1.35 bits per heavy atom. The SMILES string of the molecule is CCOC(=O)[C@H](CNC(=O)CNC(=O)C(CCC1CCN(C(=O)O)CC1)CCC1CCN(C(=O)OC(C)(C)C)CC1)NS(=O)(=O)c1ccc(S(C)(=O)=O)cc1. The van der Waals surface area contributed by atoms with E-state index in [-0.39, 0.29) is 40.2 Å². The van der Waals surface area contributed by atoms with Gasteiger partial charge in [0.05, 0.1) is 22.9 Å². The molecule has 4 amide bonds. The molecular weight excluding hydrogens is 759 g/mol. The highest BCUT2D eigenvalue weighted by Gasteiger charge is 2.31. The summed E-state index contributed by atoms with van der Waals surface area (Å²) in [6.07, 6.45) is 5.16. The van der Waals surface area contributed by atoms with Gasteiger partial charge in [-0.1, -0.05) is 0 Å². The Kier molecular flexibility index (Phi) is 16.7. The molecule has 55 heavy (non-hydrogen) atoms. The second-order valence-corrected chi connectivity index (χ2v) is 18.9. The van der Waals surface area contributed by atoms with Crippen molar-refractivity contribution in [1.29, 1.82) is 0 Å². The molecule has 2 heterocycles. The van der Waals surface area contributed by atoms with Crippen molar-refractivity contribution in [3.05, 3.63) is 24.3 Å². The Balaban J connectivity index is 1.58. The van der Waals surface area contributed by atoms with Crippen molar-refractivity contribution in [2.45, 2.75) is 100 Å². The van der Waals surface area contributed by atoms with Gasteiger partial charge in [0.2, 0.25) is 21.8 Å². The van der Waals surface area contributed by atoms with Gasteiger partial charge in [0.1, 0.15) is 11.6 Å². The van der Waals surface area contributed by atoms with E-state index in [1.807, 2.05) is 20.8 Å². The quantitative estimate of drug-likeness (QED) is 0.166. The minimum atomic E-state index is -4.35. The fraction of sp³-hybridized carbons (Fsp3) is 0.694. The maximum absolute atomic E-state index is 13.5. The van der Waals surface area contributed by atoms with Crippen molar-refractivity contribution in [3.8, 4) is 0 Å². The number of amides is 4. The number of hydrogen-bond acceptors (Lipinski definition) is 11. The maximum atomic E-state index is 13.5. The molecule has 0 saturated carbocycles. The standard InChI is InChI=1S/C36H57N5O12S2/c1-6-52-33(44)30(39-55(50,51)29-13-11-28(12-14-29)54(5,48)49)23-37-31(42)24-38-32(43)27(9-7-25-15-19-40(20-16-25)34(45)46)10-8-26-17-21-41(22-18-26)35(47)53-36(2,3)4/h11-14,25-27,30,39H,6-10,15-24H2,1-5H3,(H,37,42)(H,38,43)(H,45,46)/t27?,30-/m0/s1. The van der Waals surface area contributed by atoms with Crippen LogP contribution in [0.15, 0.2) is 34.1 Å². The first kappa shape index (κ1) is 45.4. The molecule has 2 aliphatic heterocycles. The lowest BCUT2D eigenvalue weighted by Crippen LogP contribution is -2.50. The lowest BCUT2D eigenvalue weighted by atomic mass is 9.84. The number of piperidine rings is 2. The molecule has 310 valence electrons. The number of nitrogens with zero attached hydrogens (tertiary/aromatic N) is 2. The average molecular weight is 816 g/mol. The summed E-state index contributed by atoms with van der Waals surface area (Å²) in [4.78, 5) is 65.6. The van der Waals surface area contributed by atoms with E-state index < -0.39 is 68.5 Å². The highest BCUT2D eigenvalue weighted by molar-refractivity contribution is 7.90. The molecule has 0 bridgehead atoms. The molecule has 2 aliphatic rings. The summed E-state index contributed by atoms with van der Waals surface area (Å²) in [6, 6.07) is 2.88. The summed E-state index contributed by atoms with van der Waals surface area (Å²) in [6.45, 7) is 7.98. The molecule has 4 N–H and O–H groups in total. The van der Waals surface area contributed by atoms with E-state index in [1.54, 1.807) is 4.90 Å². The molecule has 1 aromatic rings. The van der Waals surface area contributed by atoms with E-state index in [0.29, 0.717) is 58.3 Å². The first-order chi connectivity index (χ1) is 25.7. The number of likely N-dealkylation sites (tertiary alicyclic amines) is 2. The molecule has 1 aromatic carbocycles. The van der Waals surface area contributed by atoms with Crippen molar-refractivity contribution >= 4 is 49.8 Å². The summed E-state index contributed by atoms with van der Waals surface area (Å²) in [5.74, 6) is -1.83. The number of carbonyl (C=O) groups is 5. The van der Waals surface area contributed by atoms with Gasteiger partial charge in [-0.15, -0.1) is 0 Å². The fourth-order valence-electron chi connectivity index (χ4n) is 6.55. The number of hydrogen-bond donors (Lipinski definition) is 4. The second-order valence-electron chi connectivity index (χ2n) is 15.2. The van der Waals surface area contributed by atoms with E-state index >= 15 is 0 Å². The molecule has 17 nitrogen and oxygen atoms in total. The van der Waals surface area contributed by atoms with Crippen molar-refractivity contribution in [3.63, 3.8) is 0 Å². The van der Waals surface area contributed by atoms with Gasteiger partial charge >= 0.3 is 18.2 Å². The van der Waals surface area contributed by atoms with Gasteiger partial charge in [-0.25, -0.2) is 26.4 Å². The number of ether oxygens (including phenoxy) is 2. The largest absolute Gasteiger partial charge is 0.465 e. The topological polar surface area (TPSA) is 235 Å². The molecule has 0 aliphatic carbocycles. The highest BCUT2D eigenvalue weighted by atomic mass is 32.2. The van der Waals surface area contributed by atoms with Crippen LogP contribution in [0.4, 0.5) is 9.59 Å². The number of carboxylic acid groups (broad SMARTS) is 1. The third kappa shape index (κ3) is 15.2. The van der Waals surface area contributed by atoms with Crippen LogP contribution in [-0.4, -0.2) is 125 Å². The molecular formula is C36H57N5O12S2. The Hall–Kier alpha value is -3.97. The van der Waals surface area contributed by atoms with Crippen LogP contribution < -0.4 is 15.4 Å². The minimum Gasteiger partial charge on any atom is -0.465 e. The number of sulfonamides is 1. The van der Waals surface area contributed by atoms with Crippen LogP contribution in [0.3, 0.4) is 0 Å². The Bertz CT molecular complexity index is 1700. The number of carbonyl (C=O) groups excluding carboxylic acids is 4. The normalized spacial score (nSPS) is 17.2. The molecule has 0 radical (unpaired) electrons. The Morgan fingerprint density at radius 3 is 1.82 bits per heavy atom. The van der Waals surface area contributed by atoms with Crippen LogP contribution in [0, 0.1) is 17.8 Å². The van der Waals surface area contributed by atoms with E-state index in [4.69, 9.17) is 9.47 Å². The monoisotopic (exact) mass is 815 g/mol. The molecule has 19 heteroatoms. The van der Waals surface area contributed by atoms with E-state index in [1.165, 1.54) is 11.8 Å². The highest BCUT2D eigenvalue weighted by Crippen LogP contribution is 2.29. The van der Waals surface area contributed by atoms with E-state index in [0.717, 1.165) is 49.8 Å². The third-order valence-electron chi connectivity index (χ3n) is 9.73. The van der Waals surface area contributed by atoms with Crippen LogP contribution in [-0.2, 0) is 43.7 Å². The van der Waals surface area contributed by atoms with Crippen LogP contribution >= 0.6 is 0 Å². The molecule has 2 atom stereocenters. The first-order valence-corrected chi connectivity index (χ1v) is 22.0. The van der Waals surface area contributed by atoms with Crippen molar-refractivity contribution in [2.75, 3.05) is 52.1 Å².